The average Bonchev–Trinajstić information content (AvgIpc) is 3.69. The topological polar surface area (TPSA) is 16.4 Å². The van der Waals surface area contributed by atoms with Crippen molar-refractivity contribution in [3.8, 4) is 44.5 Å². The number of hydrogen-bond acceptors (Lipinski definition) is 2. The van der Waals surface area contributed by atoms with Gasteiger partial charge in [-0.1, -0.05) is 176 Å². The summed E-state index contributed by atoms with van der Waals surface area (Å²) in [4.78, 5) is 2.35. The van der Waals surface area contributed by atoms with Crippen LogP contribution >= 0.6 is 0 Å². The van der Waals surface area contributed by atoms with Crippen LogP contribution in [0.1, 0.15) is 0 Å². The van der Waals surface area contributed by atoms with Gasteiger partial charge in [0.1, 0.15) is 5.58 Å². The Labute approximate surface area is 337 Å². The van der Waals surface area contributed by atoms with Gasteiger partial charge in [0.2, 0.25) is 0 Å². The quantitative estimate of drug-likeness (QED) is 0.162. The maximum absolute atomic E-state index is 7.11. The Morgan fingerprint density at radius 3 is 1.33 bits per heavy atom. The van der Waals surface area contributed by atoms with Crippen LogP contribution in [0, 0.1) is 0 Å². The third-order valence-electron chi connectivity index (χ3n) is 11.4. The van der Waals surface area contributed by atoms with Crippen molar-refractivity contribution in [1.29, 1.82) is 0 Å². The summed E-state index contributed by atoms with van der Waals surface area (Å²) >= 11 is 0. The van der Waals surface area contributed by atoms with Gasteiger partial charge in [0.15, 0.2) is 5.58 Å². The van der Waals surface area contributed by atoms with Crippen LogP contribution in [0.5, 0.6) is 0 Å². The lowest BCUT2D eigenvalue weighted by Gasteiger charge is -2.26. The Morgan fingerprint density at radius 2 is 0.759 bits per heavy atom. The van der Waals surface area contributed by atoms with Crippen LogP contribution in [-0.4, -0.2) is 0 Å². The Balaban J connectivity index is 1.12. The van der Waals surface area contributed by atoms with Crippen LogP contribution in [0.25, 0.3) is 88.0 Å². The normalized spacial score (nSPS) is 11.4. The van der Waals surface area contributed by atoms with Gasteiger partial charge in [0, 0.05) is 27.7 Å². The molecule has 0 aliphatic heterocycles. The molecule has 0 spiro atoms. The van der Waals surface area contributed by atoms with Crippen LogP contribution in [0.2, 0.25) is 0 Å². The van der Waals surface area contributed by atoms with E-state index in [0.717, 1.165) is 61.3 Å². The predicted molar refractivity (Wildman–Crippen MR) is 245 cm³/mol. The first-order valence-electron chi connectivity index (χ1n) is 19.8. The molecule has 1 heterocycles. The van der Waals surface area contributed by atoms with Gasteiger partial charge in [-0.3, -0.25) is 0 Å². The van der Waals surface area contributed by atoms with E-state index in [9.17, 15) is 0 Å². The highest BCUT2D eigenvalue weighted by Gasteiger charge is 2.23. The van der Waals surface area contributed by atoms with E-state index in [-0.39, 0.29) is 0 Å². The summed E-state index contributed by atoms with van der Waals surface area (Å²) in [5.74, 6) is 0. The number of para-hydroxylation sites is 1. The molecule has 0 unspecified atom stereocenters. The fraction of sp³-hybridized carbons (Fsp3) is 0. The molecule has 0 atom stereocenters. The van der Waals surface area contributed by atoms with Gasteiger partial charge in [0.05, 0.1) is 5.69 Å². The van der Waals surface area contributed by atoms with Gasteiger partial charge >= 0.3 is 0 Å². The van der Waals surface area contributed by atoms with E-state index in [1.54, 1.807) is 0 Å². The summed E-state index contributed by atoms with van der Waals surface area (Å²) < 4.78 is 7.11. The van der Waals surface area contributed by atoms with Crippen molar-refractivity contribution in [2.45, 2.75) is 0 Å². The van der Waals surface area contributed by atoms with Gasteiger partial charge in [-0.2, -0.15) is 0 Å². The van der Waals surface area contributed by atoms with Crippen molar-refractivity contribution in [1.82, 2.24) is 0 Å². The fourth-order valence-corrected chi connectivity index (χ4v) is 8.46. The summed E-state index contributed by atoms with van der Waals surface area (Å²) in [7, 11) is 0. The molecule has 11 rings (SSSR count). The molecule has 0 saturated heterocycles. The molecular formula is C56H37NO. The lowest BCUT2D eigenvalue weighted by Crippen LogP contribution is -2.10. The monoisotopic (exact) mass is 739 g/mol. The minimum absolute atomic E-state index is 0.843. The second kappa shape index (κ2) is 14.1. The summed E-state index contributed by atoms with van der Waals surface area (Å²) in [5, 5.41) is 7.12. The first kappa shape index (κ1) is 33.6. The zero-order valence-electron chi connectivity index (χ0n) is 31.7. The van der Waals surface area contributed by atoms with E-state index in [2.05, 4.69) is 229 Å². The molecule has 1 aromatic heterocycles. The number of hydrogen-bond donors (Lipinski definition) is 0. The van der Waals surface area contributed by atoms with Gasteiger partial charge in [-0.25, -0.2) is 0 Å². The smallest absolute Gasteiger partial charge is 0.159 e. The SMILES string of the molecule is c1ccc(-c2cc(N(c3ccc(-c4ccc5ccccc5c4)cc3)c3ccc(-c4ccc5ccccc5c4)cc3)c3oc4c(-c5ccccc5)cccc4c3c2)cc1. The second-order valence-electron chi connectivity index (χ2n) is 14.9. The van der Waals surface area contributed by atoms with Crippen molar-refractivity contribution in [2.75, 3.05) is 4.90 Å². The maximum atomic E-state index is 7.11. The summed E-state index contributed by atoms with van der Waals surface area (Å²) in [6, 6.07) is 80.6. The standard InChI is InChI=1S/C56H37NO/c1-3-12-38(13-4-1)48-36-53-52-21-11-20-51(43-16-5-2-6-17-43)55(52)58-56(53)54(37-48)57(49-30-26-41(27-31-49)46-24-22-39-14-7-9-18-44(39)34-46)50-32-28-42(29-33-50)47-25-23-40-15-8-10-19-45(40)35-47/h1-37H. The molecule has 272 valence electrons. The molecule has 0 N–H and O–H groups in total. The highest BCUT2D eigenvalue weighted by molar-refractivity contribution is 6.15. The molecule has 0 saturated carbocycles. The second-order valence-corrected chi connectivity index (χ2v) is 14.9. The minimum Gasteiger partial charge on any atom is -0.453 e. The Kier molecular flexibility index (Phi) is 8.19. The van der Waals surface area contributed by atoms with E-state index >= 15 is 0 Å². The molecule has 0 aliphatic carbocycles. The summed E-state index contributed by atoms with van der Waals surface area (Å²) in [6.07, 6.45) is 0. The first-order valence-corrected chi connectivity index (χ1v) is 19.8. The summed E-state index contributed by atoms with van der Waals surface area (Å²) in [6.45, 7) is 0. The molecule has 0 amide bonds. The maximum Gasteiger partial charge on any atom is 0.159 e. The van der Waals surface area contributed by atoms with Crippen molar-refractivity contribution in [3.05, 3.63) is 224 Å². The zero-order valence-corrected chi connectivity index (χ0v) is 31.7. The molecule has 11 aromatic rings. The van der Waals surface area contributed by atoms with E-state index in [0.29, 0.717) is 0 Å². The Morgan fingerprint density at radius 1 is 0.276 bits per heavy atom. The summed E-state index contributed by atoms with van der Waals surface area (Å²) in [5.41, 5.74) is 14.0. The molecule has 2 heteroatoms. The van der Waals surface area contributed by atoms with Crippen molar-refractivity contribution < 1.29 is 4.42 Å². The number of nitrogens with zero attached hydrogens (tertiary/aromatic N) is 1. The van der Waals surface area contributed by atoms with E-state index in [1.807, 2.05) is 0 Å². The number of anilines is 3. The number of fused-ring (bicyclic) bond motifs is 5. The number of furan rings is 1. The van der Waals surface area contributed by atoms with Crippen LogP contribution in [0.3, 0.4) is 0 Å². The van der Waals surface area contributed by atoms with Gasteiger partial charge in [0.25, 0.3) is 0 Å². The highest BCUT2D eigenvalue weighted by atomic mass is 16.3. The molecular weight excluding hydrogens is 703 g/mol. The first-order chi connectivity index (χ1) is 28.7. The molecule has 0 aliphatic rings. The minimum atomic E-state index is 0.843. The molecule has 10 aromatic carbocycles. The highest BCUT2D eigenvalue weighted by Crippen LogP contribution is 2.47. The number of rotatable bonds is 7. The van der Waals surface area contributed by atoms with Crippen LogP contribution in [-0.2, 0) is 0 Å². The molecule has 0 fully saturated rings. The number of benzene rings is 10. The lowest BCUT2D eigenvalue weighted by molar-refractivity contribution is 0.670. The zero-order chi connectivity index (χ0) is 38.4. The average molecular weight is 740 g/mol. The van der Waals surface area contributed by atoms with Crippen molar-refractivity contribution in [2.24, 2.45) is 0 Å². The fourth-order valence-electron chi connectivity index (χ4n) is 8.46. The van der Waals surface area contributed by atoms with Gasteiger partial charge < -0.3 is 9.32 Å². The third kappa shape index (κ3) is 6.00. The van der Waals surface area contributed by atoms with Crippen LogP contribution in [0.15, 0.2) is 229 Å². The third-order valence-corrected chi connectivity index (χ3v) is 11.4. The molecule has 58 heavy (non-hydrogen) atoms. The van der Waals surface area contributed by atoms with Gasteiger partial charge in [-0.15, -0.1) is 0 Å². The van der Waals surface area contributed by atoms with Crippen molar-refractivity contribution in [3.63, 3.8) is 0 Å². The van der Waals surface area contributed by atoms with E-state index in [4.69, 9.17) is 4.42 Å². The van der Waals surface area contributed by atoms with Gasteiger partial charge in [-0.05, 0) is 109 Å². The largest absolute Gasteiger partial charge is 0.453 e. The Hall–Kier alpha value is -7.68. The van der Waals surface area contributed by atoms with Crippen molar-refractivity contribution >= 4 is 60.5 Å². The van der Waals surface area contributed by atoms with E-state index < -0.39 is 0 Å². The molecule has 0 radical (unpaired) electrons. The predicted octanol–water partition coefficient (Wildman–Crippen LogP) is 16.0. The molecule has 0 bridgehead atoms. The van der Waals surface area contributed by atoms with E-state index in [1.165, 1.54) is 43.8 Å². The van der Waals surface area contributed by atoms with Crippen LogP contribution < -0.4 is 4.90 Å². The lowest BCUT2D eigenvalue weighted by atomic mass is 9.98. The molecule has 2 nitrogen and oxygen atoms in total. The van der Waals surface area contributed by atoms with Crippen LogP contribution in [0.4, 0.5) is 17.1 Å². The Bertz CT molecular complexity index is 3130.